The van der Waals surface area contributed by atoms with E-state index in [-0.39, 0.29) is 30.4 Å². The molecule has 3 N–H and O–H groups in total. The number of likely N-dealkylation sites (N-methyl/N-ethyl adjacent to an activating group) is 1. The Morgan fingerprint density at radius 1 is 1.14 bits per heavy atom. The highest BCUT2D eigenvalue weighted by Gasteiger charge is 2.34. The Labute approximate surface area is 164 Å². The Kier molecular flexibility index (Phi) is 6.16. The number of benzene rings is 2. The van der Waals surface area contributed by atoms with Crippen molar-refractivity contribution in [2.75, 3.05) is 33.9 Å². The van der Waals surface area contributed by atoms with Crippen LogP contribution in [-0.4, -0.2) is 56.6 Å². The van der Waals surface area contributed by atoms with E-state index in [1.165, 1.54) is 14.2 Å². The molecule has 1 heterocycles. The van der Waals surface area contributed by atoms with Crippen molar-refractivity contribution < 1.29 is 19.1 Å². The van der Waals surface area contributed by atoms with E-state index in [0.717, 1.165) is 5.56 Å². The van der Waals surface area contributed by atoms with Crippen LogP contribution in [0.25, 0.3) is 0 Å². The van der Waals surface area contributed by atoms with Gasteiger partial charge in [0, 0.05) is 37.7 Å². The molecule has 1 fully saturated rings. The molecule has 0 bridgehead atoms. The van der Waals surface area contributed by atoms with Crippen LogP contribution in [0.1, 0.15) is 21.8 Å². The third kappa shape index (κ3) is 4.26. The lowest BCUT2D eigenvalue weighted by Crippen LogP contribution is -2.32. The number of amides is 2. The first kappa shape index (κ1) is 19.7. The van der Waals surface area contributed by atoms with E-state index in [4.69, 9.17) is 15.2 Å². The number of nitrogens with zero attached hydrogens (tertiary/aromatic N) is 1. The molecule has 1 saturated heterocycles. The average molecular weight is 383 g/mol. The molecule has 148 valence electrons. The van der Waals surface area contributed by atoms with Gasteiger partial charge in [0.25, 0.3) is 11.8 Å². The van der Waals surface area contributed by atoms with E-state index >= 15 is 0 Å². The molecule has 0 spiro atoms. The summed E-state index contributed by atoms with van der Waals surface area (Å²) in [4.78, 5) is 26.1. The highest BCUT2D eigenvalue weighted by Crippen LogP contribution is 2.31. The molecule has 2 amide bonds. The molecule has 7 heteroatoms. The fourth-order valence-corrected chi connectivity index (χ4v) is 3.37. The lowest BCUT2D eigenvalue weighted by molar-refractivity contribution is -0.122. The molecule has 0 unspecified atom stereocenters. The van der Waals surface area contributed by atoms with E-state index in [0.29, 0.717) is 30.2 Å². The van der Waals surface area contributed by atoms with Gasteiger partial charge in [0.1, 0.15) is 0 Å². The van der Waals surface area contributed by atoms with Crippen LogP contribution in [0.3, 0.4) is 0 Å². The second-order valence-electron chi connectivity index (χ2n) is 6.72. The fraction of sp³-hybridized carbons (Fsp3) is 0.333. The number of ether oxygens (including phenoxy) is 2. The van der Waals surface area contributed by atoms with Gasteiger partial charge < -0.3 is 25.4 Å². The number of carbonyl (C=O) groups excluding carboxylic acids is 2. The van der Waals surface area contributed by atoms with Crippen LogP contribution in [0.15, 0.2) is 48.5 Å². The van der Waals surface area contributed by atoms with Crippen LogP contribution in [0.5, 0.6) is 11.5 Å². The van der Waals surface area contributed by atoms with Crippen molar-refractivity contribution >= 4 is 11.8 Å². The average Bonchev–Trinajstić information content (AvgIpc) is 3.13. The summed E-state index contributed by atoms with van der Waals surface area (Å²) in [6.45, 7) is 0.941. The van der Waals surface area contributed by atoms with Crippen molar-refractivity contribution in [2.24, 2.45) is 5.73 Å². The molecule has 1 aliphatic heterocycles. The molecular weight excluding hydrogens is 358 g/mol. The summed E-state index contributed by atoms with van der Waals surface area (Å²) >= 11 is 0. The van der Waals surface area contributed by atoms with Gasteiger partial charge in [-0.2, -0.15) is 0 Å². The largest absolute Gasteiger partial charge is 0.493 e. The zero-order valence-electron chi connectivity index (χ0n) is 16.1. The third-order valence-electron chi connectivity index (χ3n) is 4.93. The lowest BCUT2D eigenvalue weighted by atomic mass is 9.95. The molecule has 3 rings (SSSR count). The van der Waals surface area contributed by atoms with Gasteiger partial charge in [-0.25, -0.2) is 0 Å². The Hall–Kier alpha value is -3.06. The standard InChI is InChI=1S/C21H25N3O4/c1-23-20(25)13-28-18-9-8-15(10-19(18)27-2)21(26)24-11-16(17(22)12-24)14-6-4-3-5-7-14/h3-10,16-17H,11-13,22H2,1-2H3,(H,23,25)/t16-,17+/m0/s1. The van der Waals surface area contributed by atoms with Crippen molar-refractivity contribution in [1.82, 2.24) is 10.2 Å². The van der Waals surface area contributed by atoms with Gasteiger partial charge in [0.15, 0.2) is 18.1 Å². The summed E-state index contributed by atoms with van der Waals surface area (Å²) in [7, 11) is 3.03. The smallest absolute Gasteiger partial charge is 0.257 e. The van der Waals surface area contributed by atoms with E-state index in [1.54, 1.807) is 23.1 Å². The maximum absolute atomic E-state index is 13.0. The number of rotatable bonds is 6. The number of nitrogens with one attached hydrogen (secondary N) is 1. The minimum Gasteiger partial charge on any atom is -0.493 e. The molecule has 0 saturated carbocycles. The number of methoxy groups -OCH3 is 1. The topological polar surface area (TPSA) is 93.9 Å². The fourth-order valence-electron chi connectivity index (χ4n) is 3.37. The second kappa shape index (κ2) is 8.75. The van der Waals surface area contributed by atoms with Gasteiger partial charge in [0.05, 0.1) is 7.11 Å². The van der Waals surface area contributed by atoms with Crippen LogP contribution in [-0.2, 0) is 4.79 Å². The molecule has 28 heavy (non-hydrogen) atoms. The van der Waals surface area contributed by atoms with Gasteiger partial charge >= 0.3 is 0 Å². The minimum absolute atomic E-state index is 0.106. The normalized spacial score (nSPS) is 18.6. The number of hydrogen-bond acceptors (Lipinski definition) is 5. The van der Waals surface area contributed by atoms with Crippen molar-refractivity contribution in [1.29, 1.82) is 0 Å². The summed E-state index contributed by atoms with van der Waals surface area (Å²) in [6.07, 6.45) is 0. The number of hydrogen-bond donors (Lipinski definition) is 2. The Balaban J connectivity index is 1.73. The molecular formula is C21H25N3O4. The maximum atomic E-state index is 13.0. The van der Waals surface area contributed by atoms with Gasteiger partial charge in [-0.3, -0.25) is 9.59 Å². The Morgan fingerprint density at radius 3 is 2.57 bits per heavy atom. The molecule has 0 aromatic heterocycles. The van der Waals surface area contributed by atoms with Crippen LogP contribution in [0.4, 0.5) is 0 Å². The van der Waals surface area contributed by atoms with Crippen LogP contribution in [0, 0.1) is 0 Å². The molecule has 7 nitrogen and oxygen atoms in total. The molecule has 1 aliphatic rings. The van der Waals surface area contributed by atoms with E-state index in [9.17, 15) is 9.59 Å². The predicted molar refractivity (Wildman–Crippen MR) is 106 cm³/mol. The lowest BCUT2D eigenvalue weighted by Gasteiger charge is -2.18. The zero-order valence-corrected chi connectivity index (χ0v) is 16.1. The van der Waals surface area contributed by atoms with Gasteiger partial charge in [-0.05, 0) is 23.8 Å². The highest BCUT2D eigenvalue weighted by molar-refractivity contribution is 5.95. The first-order valence-electron chi connectivity index (χ1n) is 9.14. The second-order valence-corrected chi connectivity index (χ2v) is 6.72. The quantitative estimate of drug-likeness (QED) is 0.786. The summed E-state index contributed by atoms with van der Waals surface area (Å²) in [5, 5.41) is 2.48. The first-order valence-corrected chi connectivity index (χ1v) is 9.14. The van der Waals surface area contributed by atoms with E-state index < -0.39 is 0 Å². The SMILES string of the molecule is CNC(=O)COc1ccc(C(=O)N2C[C@@H](N)[C@H](c3ccccc3)C2)cc1OC. The van der Waals surface area contributed by atoms with Crippen molar-refractivity contribution in [3.05, 3.63) is 59.7 Å². The van der Waals surface area contributed by atoms with E-state index in [1.807, 2.05) is 30.3 Å². The molecule has 2 atom stereocenters. The van der Waals surface area contributed by atoms with Crippen LogP contribution in [0.2, 0.25) is 0 Å². The summed E-state index contributed by atoms with van der Waals surface area (Å²) < 4.78 is 10.8. The maximum Gasteiger partial charge on any atom is 0.257 e. The zero-order chi connectivity index (χ0) is 20.1. The summed E-state index contributed by atoms with van der Waals surface area (Å²) in [5.74, 6) is 0.563. The number of nitrogens with two attached hydrogens (primary N) is 1. The van der Waals surface area contributed by atoms with Crippen LogP contribution >= 0.6 is 0 Å². The van der Waals surface area contributed by atoms with Gasteiger partial charge in [0.2, 0.25) is 0 Å². The predicted octanol–water partition coefficient (Wildman–Crippen LogP) is 1.39. The summed E-state index contributed by atoms with van der Waals surface area (Å²) in [6, 6.07) is 14.8. The van der Waals surface area contributed by atoms with Crippen molar-refractivity contribution in [2.45, 2.75) is 12.0 Å². The van der Waals surface area contributed by atoms with Crippen molar-refractivity contribution in [3.63, 3.8) is 0 Å². The first-order chi connectivity index (χ1) is 13.5. The Bertz CT molecular complexity index is 841. The molecule has 0 aliphatic carbocycles. The van der Waals surface area contributed by atoms with Gasteiger partial charge in [-0.1, -0.05) is 30.3 Å². The van der Waals surface area contributed by atoms with Crippen molar-refractivity contribution in [3.8, 4) is 11.5 Å². The monoisotopic (exact) mass is 383 g/mol. The molecule has 2 aromatic rings. The molecule has 0 radical (unpaired) electrons. The third-order valence-corrected chi connectivity index (χ3v) is 4.93. The van der Waals surface area contributed by atoms with Crippen LogP contribution < -0.4 is 20.5 Å². The molecule has 2 aromatic carbocycles. The van der Waals surface area contributed by atoms with E-state index in [2.05, 4.69) is 5.32 Å². The minimum atomic E-state index is -0.250. The number of likely N-dealkylation sites (tertiary alicyclic amines) is 1. The number of carbonyl (C=O) groups is 2. The van der Waals surface area contributed by atoms with Gasteiger partial charge in [-0.15, -0.1) is 0 Å². The summed E-state index contributed by atoms with van der Waals surface area (Å²) in [5.41, 5.74) is 7.93. The Morgan fingerprint density at radius 2 is 1.89 bits per heavy atom. The highest BCUT2D eigenvalue weighted by atomic mass is 16.5.